The highest BCUT2D eigenvalue weighted by atomic mass is 16.6. The summed E-state index contributed by atoms with van der Waals surface area (Å²) < 4.78 is 24.1. The first-order chi connectivity index (χ1) is 22.2. The quantitative estimate of drug-likeness (QED) is 0.250. The average molecular weight is 628 g/mol. The molecule has 4 unspecified atom stereocenters. The van der Waals surface area contributed by atoms with Gasteiger partial charge in [-0.3, -0.25) is 9.59 Å². The number of aliphatic hydroxyl groups is 2. The predicted octanol–water partition coefficient (Wildman–Crippen LogP) is 5.15. The second kappa shape index (κ2) is 11.4. The Morgan fingerprint density at radius 3 is 2.78 bits per heavy atom. The van der Waals surface area contributed by atoms with Crippen LogP contribution in [0.3, 0.4) is 0 Å². The number of aliphatic hydroxyl groups excluding tert-OH is 1. The molecule has 1 aromatic heterocycles. The standard InChI is InChI=1S/C36H37NO9/c1-4-44-35(41)32-23(16-38)27(20-8-10-26(40)22(15-20)18-7-9-25-19(14-18)11-13-37-25)29-31(45-32)24(17-39)30-28(33(29)43-3)21-6-5-12-36(2,42)34(21)46-30/h7,9,11,13-14,16,21-22,34,37,39,42H,4-6,8,10,12,15,17H2,1-3H3. The van der Waals surface area contributed by atoms with E-state index in [1.807, 2.05) is 30.5 Å². The number of rotatable bonds is 6. The number of H-pyrrole nitrogens is 1. The molecule has 0 spiro atoms. The molecule has 0 radical (unpaired) electrons. The van der Waals surface area contributed by atoms with Gasteiger partial charge in [-0.25, -0.2) is 4.79 Å². The highest BCUT2D eigenvalue weighted by Gasteiger charge is 2.52. The van der Waals surface area contributed by atoms with Crippen molar-refractivity contribution in [3.05, 3.63) is 69.6 Å². The third kappa shape index (κ3) is 4.57. The van der Waals surface area contributed by atoms with Crippen LogP contribution in [0.4, 0.5) is 0 Å². The summed E-state index contributed by atoms with van der Waals surface area (Å²) >= 11 is 0. The number of methoxy groups -OCH3 is 1. The average Bonchev–Trinajstić information content (AvgIpc) is 3.68. The van der Waals surface area contributed by atoms with Gasteiger partial charge >= 0.3 is 5.97 Å². The Bertz CT molecular complexity index is 1850. The van der Waals surface area contributed by atoms with Gasteiger partial charge in [0.25, 0.3) is 0 Å². The first-order valence-electron chi connectivity index (χ1n) is 15.9. The van der Waals surface area contributed by atoms with Crippen molar-refractivity contribution in [3.8, 4) is 17.2 Å². The number of esters is 1. The molecule has 0 bridgehead atoms. The Kier molecular flexibility index (Phi) is 7.52. The second-order valence-electron chi connectivity index (χ2n) is 12.7. The number of allylic oxidation sites excluding steroid dienone is 3. The van der Waals surface area contributed by atoms with E-state index < -0.39 is 30.2 Å². The lowest BCUT2D eigenvalue weighted by Gasteiger charge is -2.37. The first-order valence-corrected chi connectivity index (χ1v) is 15.9. The number of aromatic nitrogens is 1. The highest BCUT2D eigenvalue weighted by Crippen LogP contribution is 2.61. The van der Waals surface area contributed by atoms with Gasteiger partial charge < -0.3 is 34.1 Å². The van der Waals surface area contributed by atoms with E-state index in [4.69, 9.17) is 18.9 Å². The SMILES string of the molecule is CCOC(=O)C1=C(C=O)C(=C2CCC(=O)C(c3ccc4[nH]ccc4c3)C2)c2c(c(CO)c3c(c2OC)C2CCCC(C)(O)C2O3)O1. The number of nitrogens with one attached hydrogen (secondary N) is 1. The van der Waals surface area contributed by atoms with Crippen molar-refractivity contribution in [3.63, 3.8) is 0 Å². The molecular weight excluding hydrogens is 590 g/mol. The smallest absolute Gasteiger partial charge is 0.375 e. The molecule has 3 N–H and O–H groups in total. The molecule has 2 aliphatic carbocycles. The van der Waals surface area contributed by atoms with E-state index in [0.717, 1.165) is 34.9 Å². The van der Waals surface area contributed by atoms with Crippen LogP contribution in [-0.4, -0.2) is 58.7 Å². The monoisotopic (exact) mass is 627 g/mol. The van der Waals surface area contributed by atoms with Gasteiger partial charge in [0.15, 0.2) is 6.29 Å². The van der Waals surface area contributed by atoms with Crippen LogP contribution in [0.1, 0.15) is 86.5 Å². The number of aromatic amines is 1. The van der Waals surface area contributed by atoms with Crippen molar-refractivity contribution in [1.29, 1.82) is 0 Å². The number of carbonyl (C=O) groups is 3. The van der Waals surface area contributed by atoms with Crippen LogP contribution in [0.15, 0.2) is 47.4 Å². The van der Waals surface area contributed by atoms with Crippen LogP contribution in [-0.2, 0) is 25.7 Å². The number of hydrogen-bond donors (Lipinski definition) is 3. The van der Waals surface area contributed by atoms with Crippen LogP contribution >= 0.6 is 0 Å². The van der Waals surface area contributed by atoms with E-state index >= 15 is 0 Å². The molecule has 2 fully saturated rings. The molecule has 240 valence electrons. The third-order valence-corrected chi connectivity index (χ3v) is 10.0. The maximum atomic E-state index is 13.4. The molecule has 3 heterocycles. The summed E-state index contributed by atoms with van der Waals surface area (Å²) in [5, 5.41) is 23.1. The van der Waals surface area contributed by atoms with Crippen LogP contribution in [0.25, 0.3) is 16.5 Å². The van der Waals surface area contributed by atoms with Gasteiger partial charge in [0.1, 0.15) is 29.1 Å². The molecule has 46 heavy (non-hydrogen) atoms. The molecule has 4 atom stereocenters. The third-order valence-electron chi connectivity index (χ3n) is 10.0. The zero-order valence-electron chi connectivity index (χ0n) is 26.1. The molecule has 0 saturated heterocycles. The Morgan fingerprint density at radius 2 is 2.04 bits per heavy atom. The largest absolute Gasteiger partial charge is 0.496 e. The summed E-state index contributed by atoms with van der Waals surface area (Å²) in [7, 11) is 1.52. The van der Waals surface area contributed by atoms with Gasteiger partial charge in [0.05, 0.1) is 42.6 Å². The van der Waals surface area contributed by atoms with E-state index in [9.17, 15) is 24.6 Å². The molecule has 2 aliphatic heterocycles. The van der Waals surface area contributed by atoms with Crippen molar-refractivity contribution < 1.29 is 43.5 Å². The maximum absolute atomic E-state index is 13.4. The molecule has 3 aromatic rings. The lowest BCUT2D eigenvalue weighted by molar-refractivity contribution is -0.141. The first kappa shape index (κ1) is 30.3. The zero-order chi connectivity index (χ0) is 32.3. The molecule has 4 aliphatic rings. The van der Waals surface area contributed by atoms with Gasteiger partial charge in [-0.1, -0.05) is 11.6 Å². The zero-order valence-corrected chi connectivity index (χ0v) is 26.1. The van der Waals surface area contributed by atoms with Crippen LogP contribution < -0.4 is 14.2 Å². The number of ketones is 1. The summed E-state index contributed by atoms with van der Waals surface area (Å²) in [5.41, 5.74) is 3.36. The number of ether oxygens (including phenoxy) is 4. The summed E-state index contributed by atoms with van der Waals surface area (Å²) in [4.78, 5) is 42.9. The molecular formula is C36H37NO9. The van der Waals surface area contributed by atoms with E-state index in [1.54, 1.807) is 13.8 Å². The number of fused-ring (bicyclic) bond motifs is 5. The van der Waals surface area contributed by atoms with Crippen molar-refractivity contribution in [2.45, 2.75) is 82.5 Å². The van der Waals surface area contributed by atoms with Gasteiger partial charge in [0.2, 0.25) is 5.76 Å². The van der Waals surface area contributed by atoms with Gasteiger partial charge in [0, 0.05) is 41.1 Å². The summed E-state index contributed by atoms with van der Waals surface area (Å²) in [6.45, 7) is 2.96. The normalized spacial score (nSPS) is 27.0. The topological polar surface area (TPSA) is 144 Å². The lowest BCUT2D eigenvalue weighted by atomic mass is 9.72. The van der Waals surface area contributed by atoms with Crippen molar-refractivity contribution >= 4 is 34.5 Å². The van der Waals surface area contributed by atoms with E-state index in [2.05, 4.69) is 4.98 Å². The maximum Gasteiger partial charge on any atom is 0.375 e. The van der Waals surface area contributed by atoms with Gasteiger partial charge in [-0.15, -0.1) is 0 Å². The Balaban J connectivity index is 1.48. The van der Waals surface area contributed by atoms with E-state index in [-0.39, 0.29) is 41.8 Å². The number of hydrogen-bond acceptors (Lipinski definition) is 9. The predicted molar refractivity (Wildman–Crippen MR) is 168 cm³/mol. The molecule has 0 amide bonds. The fourth-order valence-electron chi connectivity index (χ4n) is 7.93. The fraction of sp³-hybridized carbons (Fsp3) is 0.417. The van der Waals surface area contributed by atoms with Crippen LogP contribution in [0.2, 0.25) is 0 Å². The minimum atomic E-state index is -1.12. The van der Waals surface area contributed by atoms with Crippen LogP contribution in [0, 0.1) is 0 Å². The highest BCUT2D eigenvalue weighted by molar-refractivity contribution is 6.11. The minimum Gasteiger partial charge on any atom is -0.496 e. The molecule has 2 aromatic carbocycles. The minimum absolute atomic E-state index is 0.00313. The van der Waals surface area contributed by atoms with E-state index in [0.29, 0.717) is 59.3 Å². The molecule has 7 rings (SSSR count). The number of carbonyl (C=O) groups excluding carboxylic acids is 3. The summed E-state index contributed by atoms with van der Waals surface area (Å²) in [5.74, 6) is -0.850. The molecule has 2 saturated carbocycles. The summed E-state index contributed by atoms with van der Waals surface area (Å²) in [6.07, 6.45) is 4.80. The van der Waals surface area contributed by atoms with Crippen LogP contribution in [0.5, 0.6) is 17.2 Å². The van der Waals surface area contributed by atoms with E-state index in [1.165, 1.54) is 7.11 Å². The van der Waals surface area contributed by atoms with Crippen molar-refractivity contribution in [2.75, 3.05) is 13.7 Å². The lowest BCUT2D eigenvalue weighted by Crippen LogP contribution is -2.47. The Hall–Kier alpha value is -4.41. The Labute approximate surface area is 266 Å². The number of aldehydes is 1. The number of Topliss-reactive ketones (excluding diaryl/α,β-unsaturated/α-hetero) is 1. The van der Waals surface area contributed by atoms with Gasteiger partial charge in [-0.05, 0) is 75.1 Å². The summed E-state index contributed by atoms with van der Waals surface area (Å²) in [6, 6.07) is 7.86. The fourth-order valence-corrected chi connectivity index (χ4v) is 7.93. The second-order valence-corrected chi connectivity index (χ2v) is 12.7. The Morgan fingerprint density at radius 1 is 1.22 bits per heavy atom. The van der Waals surface area contributed by atoms with Crippen molar-refractivity contribution in [2.24, 2.45) is 0 Å². The van der Waals surface area contributed by atoms with Crippen molar-refractivity contribution in [1.82, 2.24) is 4.98 Å². The van der Waals surface area contributed by atoms with Gasteiger partial charge in [-0.2, -0.15) is 0 Å². The molecule has 10 heteroatoms. The molecule has 10 nitrogen and oxygen atoms in total. The number of benzene rings is 2.